The van der Waals surface area contributed by atoms with Gasteiger partial charge in [0.1, 0.15) is 0 Å². The minimum Gasteiger partial charge on any atom is -0.490 e. The van der Waals surface area contributed by atoms with Crippen LogP contribution >= 0.6 is 0 Å². The summed E-state index contributed by atoms with van der Waals surface area (Å²) >= 11 is 0. The summed E-state index contributed by atoms with van der Waals surface area (Å²) in [5, 5.41) is 0. The monoisotopic (exact) mass is 480 g/mol. The molecule has 0 amide bonds. The van der Waals surface area contributed by atoms with Crippen LogP contribution in [0.2, 0.25) is 0 Å². The van der Waals surface area contributed by atoms with Crippen molar-refractivity contribution in [2.75, 3.05) is 31.3 Å². The summed E-state index contributed by atoms with van der Waals surface area (Å²) < 4.78 is 52.3. The fourth-order valence-electron chi connectivity index (χ4n) is 4.01. The topological polar surface area (TPSA) is 107 Å². The molecule has 8 nitrogen and oxygen atoms in total. The van der Waals surface area contributed by atoms with Gasteiger partial charge in [-0.25, -0.2) is 17.6 Å². The second kappa shape index (κ2) is 9.80. The number of unbranched alkanes of at least 4 members (excludes halogenated alkanes) is 2. The molecule has 10 heteroatoms. The van der Waals surface area contributed by atoms with E-state index in [1.54, 1.807) is 12.1 Å². The van der Waals surface area contributed by atoms with Crippen molar-refractivity contribution in [1.82, 2.24) is 9.55 Å². The van der Waals surface area contributed by atoms with Crippen molar-refractivity contribution in [3.63, 3.8) is 0 Å². The maximum absolute atomic E-state index is 14.2. The van der Waals surface area contributed by atoms with Crippen LogP contribution in [0.3, 0.4) is 0 Å². The number of aromatic nitrogens is 2. The van der Waals surface area contributed by atoms with Crippen LogP contribution in [0, 0.1) is 11.7 Å². The third-order valence-electron chi connectivity index (χ3n) is 6.22. The summed E-state index contributed by atoms with van der Waals surface area (Å²) in [6.07, 6.45) is 5.34. The quantitative estimate of drug-likeness (QED) is 0.466. The van der Waals surface area contributed by atoms with Gasteiger partial charge in [-0.05, 0) is 49.3 Å². The Kier molecular flexibility index (Phi) is 7.04. The Labute approximate surface area is 191 Å². The van der Waals surface area contributed by atoms with Gasteiger partial charge in [0, 0.05) is 18.8 Å². The molecule has 0 atom stereocenters. The van der Waals surface area contributed by atoms with Crippen LogP contribution in [0.4, 0.5) is 4.39 Å². The van der Waals surface area contributed by atoms with Gasteiger partial charge in [-0.2, -0.15) is 0 Å². The van der Waals surface area contributed by atoms with Crippen molar-refractivity contribution in [2.24, 2.45) is 5.92 Å². The van der Waals surface area contributed by atoms with Crippen molar-refractivity contribution < 1.29 is 22.3 Å². The summed E-state index contributed by atoms with van der Waals surface area (Å²) in [7, 11) is -3.38. The zero-order valence-corrected chi connectivity index (χ0v) is 19.2. The lowest BCUT2D eigenvalue weighted by Crippen LogP contribution is -2.52. The van der Waals surface area contributed by atoms with E-state index in [0.29, 0.717) is 38.3 Å². The number of rotatable bonds is 12. The maximum atomic E-state index is 14.2. The standard InChI is InChI=1S/C23H29FN2O6S/c24-19-7-6-18(12-20(19)32-13-17-4-5-17)23(14-31-15-23)16-33(29,30)11-3-1-2-9-26-10-8-21(27)25-22(26)28/h6-8,10,12,17H,1-5,9,11,13-16H2,(H,25,27,28). The van der Waals surface area contributed by atoms with Crippen LogP contribution in [-0.2, 0) is 26.5 Å². The van der Waals surface area contributed by atoms with E-state index in [1.165, 1.54) is 22.9 Å². The van der Waals surface area contributed by atoms with E-state index in [2.05, 4.69) is 4.98 Å². The third-order valence-corrected chi connectivity index (χ3v) is 8.12. The number of ether oxygens (including phenoxy) is 2. The first-order chi connectivity index (χ1) is 15.8. The van der Waals surface area contributed by atoms with E-state index in [9.17, 15) is 22.4 Å². The molecule has 180 valence electrons. The molecule has 33 heavy (non-hydrogen) atoms. The van der Waals surface area contributed by atoms with Crippen molar-refractivity contribution in [3.8, 4) is 5.75 Å². The Bertz CT molecular complexity index is 1200. The lowest BCUT2D eigenvalue weighted by atomic mass is 9.80. The van der Waals surface area contributed by atoms with Crippen molar-refractivity contribution in [1.29, 1.82) is 0 Å². The first kappa shape index (κ1) is 23.7. The number of aromatic amines is 1. The Hall–Kier alpha value is -2.46. The van der Waals surface area contributed by atoms with E-state index >= 15 is 0 Å². The average molecular weight is 481 g/mol. The minimum absolute atomic E-state index is 0.0293. The fraction of sp³-hybridized carbons (Fsp3) is 0.565. The van der Waals surface area contributed by atoms with Crippen molar-refractivity contribution in [2.45, 2.75) is 44.1 Å². The summed E-state index contributed by atoms with van der Waals surface area (Å²) in [5.41, 5.74) is -0.879. The second-order valence-electron chi connectivity index (χ2n) is 9.13. The van der Waals surface area contributed by atoms with Crippen LogP contribution in [0.25, 0.3) is 0 Å². The van der Waals surface area contributed by atoms with Gasteiger partial charge in [-0.15, -0.1) is 0 Å². The maximum Gasteiger partial charge on any atom is 0.328 e. The minimum atomic E-state index is -3.38. The molecule has 1 aromatic carbocycles. The van der Waals surface area contributed by atoms with Gasteiger partial charge in [-0.3, -0.25) is 9.78 Å². The van der Waals surface area contributed by atoms with Crippen LogP contribution in [0.5, 0.6) is 5.75 Å². The van der Waals surface area contributed by atoms with E-state index in [1.807, 2.05) is 0 Å². The first-order valence-corrected chi connectivity index (χ1v) is 13.1. The Morgan fingerprint density at radius 1 is 1.15 bits per heavy atom. The van der Waals surface area contributed by atoms with Gasteiger partial charge < -0.3 is 14.0 Å². The predicted molar refractivity (Wildman–Crippen MR) is 121 cm³/mol. The molecular weight excluding hydrogens is 451 g/mol. The fourth-order valence-corrected chi connectivity index (χ4v) is 5.98. The van der Waals surface area contributed by atoms with Crippen LogP contribution < -0.4 is 16.0 Å². The van der Waals surface area contributed by atoms with Crippen LogP contribution in [0.15, 0.2) is 40.1 Å². The van der Waals surface area contributed by atoms with Gasteiger partial charge in [0.05, 0.1) is 36.7 Å². The van der Waals surface area contributed by atoms with Crippen LogP contribution in [-0.4, -0.2) is 49.3 Å². The molecule has 1 saturated carbocycles. The number of benzene rings is 1. The lowest BCUT2D eigenvalue weighted by molar-refractivity contribution is -0.0482. The molecule has 1 aromatic heterocycles. The van der Waals surface area contributed by atoms with Gasteiger partial charge in [0.25, 0.3) is 5.56 Å². The molecule has 1 saturated heterocycles. The molecule has 2 fully saturated rings. The lowest BCUT2D eigenvalue weighted by Gasteiger charge is -2.41. The van der Waals surface area contributed by atoms with Crippen LogP contribution in [0.1, 0.15) is 37.7 Å². The molecule has 0 unspecified atom stereocenters. The Morgan fingerprint density at radius 2 is 1.94 bits per heavy atom. The third kappa shape index (κ3) is 6.11. The number of sulfone groups is 1. The molecule has 2 heterocycles. The number of nitrogens with one attached hydrogen (secondary N) is 1. The van der Waals surface area contributed by atoms with Gasteiger partial charge >= 0.3 is 5.69 Å². The highest BCUT2D eigenvalue weighted by Crippen LogP contribution is 2.37. The number of nitrogens with zero attached hydrogens (tertiary/aromatic N) is 1. The number of hydrogen-bond acceptors (Lipinski definition) is 6. The largest absolute Gasteiger partial charge is 0.490 e. The number of H-pyrrole nitrogens is 1. The van der Waals surface area contributed by atoms with Crippen molar-refractivity contribution in [3.05, 3.63) is 62.7 Å². The van der Waals surface area contributed by atoms with Crippen molar-refractivity contribution >= 4 is 9.84 Å². The molecule has 2 aromatic rings. The highest BCUT2D eigenvalue weighted by Gasteiger charge is 2.44. The van der Waals surface area contributed by atoms with Gasteiger partial charge in [0.2, 0.25) is 0 Å². The highest BCUT2D eigenvalue weighted by molar-refractivity contribution is 7.91. The average Bonchev–Trinajstić information content (AvgIpc) is 3.56. The molecule has 1 aliphatic heterocycles. The van der Waals surface area contributed by atoms with E-state index in [-0.39, 0.29) is 30.5 Å². The summed E-state index contributed by atoms with van der Waals surface area (Å²) in [4.78, 5) is 25.0. The molecule has 1 N–H and O–H groups in total. The Morgan fingerprint density at radius 3 is 2.61 bits per heavy atom. The summed E-state index contributed by atoms with van der Waals surface area (Å²) in [6, 6.07) is 5.86. The number of hydrogen-bond donors (Lipinski definition) is 1. The molecule has 2 aliphatic rings. The molecule has 0 bridgehead atoms. The molecular formula is C23H29FN2O6S. The van der Waals surface area contributed by atoms with Gasteiger partial charge in [0.15, 0.2) is 21.4 Å². The predicted octanol–water partition coefficient (Wildman–Crippen LogP) is 2.02. The molecule has 1 aliphatic carbocycles. The summed E-state index contributed by atoms with van der Waals surface area (Å²) in [5.74, 6) is 0.172. The van der Waals surface area contributed by atoms with E-state index in [0.717, 1.165) is 18.4 Å². The second-order valence-corrected chi connectivity index (χ2v) is 11.3. The highest BCUT2D eigenvalue weighted by atomic mass is 32.2. The van der Waals surface area contributed by atoms with E-state index in [4.69, 9.17) is 9.47 Å². The normalized spacial score (nSPS) is 17.5. The summed E-state index contributed by atoms with van der Waals surface area (Å²) in [6.45, 7) is 1.43. The number of halogens is 1. The SMILES string of the molecule is O=c1ccn(CCCCCS(=O)(=O)CC2(c3ccc(F)c(OCC4CC4)c3)COC2)c(=O)[nH]1. The smallest absolute Gasteiger partial charge is 0.328 e. The molecule has 0 spiro atoms. The molecule has 4 rings (SSSR count). The zero-order valence-electron chi connectivity index (χ0n) is 18.4. The van der Waals surface area contributed by atoms with E-state index < -0.39 is 32.3 Å². The molecule has 0 radical (unpaired) electrons. The first-order valence-electron chi connectivity index (χ1n) is 11.3. The Balaban J connectivity index is 1.31. The number of aryl methyl sites for hydroxylation is 1. The van der Waals surface area contributed by atoms with Gasteiger partial charge in [-0.1, -0.05) is 12.5 Å². The zero-order chi connectivity index (χ0) is 23.5.